The third kappa shape index (κ3) is 0.949. The Morgan fingerprint density at radius 2 is 2.62 bits per heavy atom. The first-order valence-electron chi connectivity index (χ1n) is 2.12. The second kappa shape index (κ2) is 2.09. The maximum absolute atomic E-state index is 8.58. The number of hydrogen-bond acceptors (Lipinski definition) is 3. The number of nitrogens with zero attached hydrogens (tertiary/aromatic N) is 2. The second-order valence-electron chi connectivity index (χ2n) is 1.28. The fourth-order valence-corrected chi connectivity index (χ4v) is 0.769. The van der Waals surface area contributed by atoms with Gasteiger partial charge in [-0.1, -0.05) is 0 Å². The molecule has 0 bridgehead atoms. The van der Waals surface area contributed by atoms with Gasteiger partial charge in [0.25, 0.3) is 0 Å². The van der Waals surface area contributed by atoms with E-state index in [1.54, 1.807) is 6.07 Å². The van der Waals surface area contributed by atoms with Gasteiger partial charge in [0.05, 0.1) is 6.20 Å². The van der Waals surface area contributed by atoms with Gasteiger partial charge >= 0.3 is 0 Å². The number of hydrogen-bond donors (Lipinski definition) is 1. The lowest BCUT2D eigenvalue weighted by molar-refractivity contribution is 0.145. The Kier molecular flexibility index (Phi) is 1.43. The van der Waals surface area contributed by atoms with Crippen molar-refractivity contribution >= 4 is 11.8 Å². The van der Waals surface area contributed by atoms with Crippen LogP contribution < -0.4 is 0 Å². The predicted molar refractivity (Wildman–Crippen MR) is 31.2 cm³/mol. The first-order chi connectivity index (χ1) is 3.83. The summed E-state index contributed by atoms with van der Waals surface area (Å²) in [4.78, 5) is 0.797. The molecule has 8 heavy (non-hydrogen) atoms. The highest BCUT2D eigenvalue weighted by atomic mass is 32.2. The molecule has 0 aromatic carbocycles. The van der Waals surface area contributed by atoms with Crippen molar-refractivity contribution < 1.29 is 5.21 Å². The van der Waals surface area contributed by atoms with Crippen molar-refractivity contribution in [2.75, 3.05) is 6.26 Å². The SMILES string of the molecule is CSc1ccn(O)n1. The van der Waals surface area contributed by atoms with Crippen LogP contribution in [0.3, 0.4) is 0 Å². The van der Waals surface area contributed by atoms with Crippen molar-refractivity contribution in [3.8, 4) is 0 Å². The van der Waals surface area contributed by atoms with Crippen molar-refractivity contribution in [2.24, 2.45) is 0 Å². The van der Waals surface area contributed by atoms with Crippen molar-refractivity contribution in [1.29, 1.82) is 0 Å². The lowest BCUT2D eigenvalue weighted by Gasteiger charge is -1.82. The topological polar surface area (TPSA) is 38.0 Å². The Morgan fingerprint density at radius 3 is 2.88 bits per heavy atom. The first-order valence-corrected chi connectivity index (χ1v) is 3.34. The normalized spacial score (nSPS) is 9.62. The Morgan fingerprint density at radius 1 is 1.88 bits per heavy atom. The van der Waals surface area contributed by atoms with Crippen LogP contribution in [0, 0.1) is 0 Å². The Balaban J connectivity index is 2.84. The summed E-state index contributed by atoms with van der Waals surface area (Å²) in [5.74, 6) is 0. The molecule has 0 amide bonds. The zero-order chi connectivity index (χ0) is 5.98. The van der Waals surface area contributed by atoms with E-state index in [0.29, 0.717) is 0 Å². The summed E-state index contributed by atoms with van der Waals surface area (Å²) < 4.78 is 0. The molecule has 1 heterocycles. The quantitative estimate of drug-likeness (QED) is 0.452. The molecular formula is C4H6N2OS. The van der Waals surface area contributed by atoms with Gasteiger partial charge in [0.2, 0.25) is 0 Å². The summed E-state index contributed by atoms with van der Waals surface area (Å²) in [5.41, 5.74) is 0. The first kappa shape index (κ1) is 5.50. The smallest absolute Gasteiger partial charge is 0.121 e. The number of rotatable bonds is 1. The van der Waals surface area contributed by atoms with E-state index < -0.39 is 0 Å². The highest BCUT2D eigenvalue weighted by Gasteiger charge is 1.90. The highest BCUT2D eigenvalue weighted by Crippen LogP contribution is 2.08. The van der Waals surface area contributed by atoms with Crippen LogP contribution in [-0.2, 0) is 0 Å². The molecule has 1 aromatic heterocycles. The van der Waals surface area contributed by atoms with Crippen LogP contribution in [0.5, 0.6) is 0 Å². The van der Waals surface area contributed by atoms with Crippen LogP contribution in [0.4, 0.5) is 0 Å². The van der Waals surface area contributed by atoms with Crippen molar-refractivity contribution in [3.05, 3.63) is 12.3 Å². The molecule has 0 saturated heterocycles. The standard InChI is InChI=1S/C4H6N2OS/c1-8-4-2-3-6(7)5-4/h2-3,7H,1H3. The Labute approximate surface area is 51.3 Å². The van der Waals surface area contributed by atoms with E-state index in [1.807, 2.05) is 6.26 Å². The maximum Gasteiger partial charge on any atom is 0.121 e. The fraction of sp³-hybridized carbons (Fsp3) is 0.250. The number of thioether (sulfide) groups is 1. The van der Waals surface area contributed by atoms with Crippen LogP contribution in [0.2, 0.25) is 0 Å². The average Bonchev–Trinajstić information content (AvgIpc) is 2.14. The van der Waals surface area contributed by atoms with Crippen LogP contribution in [0.15, 0.2) is 17.3 Å². The van der Waals surface area contributed by atoms with Gasteiger partial charge in [0.15, 0.2) is 0 Å². The van der Waals surface area contributed by atoms with Crippen LogP contribution in [0.1, 0.15) is 0 Å². The molecule has 1 rings (SSSR count). The fourth-order valence-electron chi connectivity index (χ4n) is 0.407. The summed E-state index contributed by atoms with van der Waals surface area (Å²) in [5, 5.41) is 13.1. The minimum absolute atomic E-state index is 0.797. The Hall–Kier alpha value is -0.640. The van der Waals surface area contributed by atoms with E-state index in [-0.39, 0.29) is 0 Å². The molecule has 0 aliphatic rings. The molecule has 0 aliphatic heterocycles. The van der Waals surface area contributed by atoms with E-state index in [0.717, 1.165) is 9.87 Å². The van der Waals surface area contributed by atoms with Gasteiger partial charge < -0.3 is 5.21 Å². The summed E-state index contributed by atoms with van der Waals surface area (Å²) in [6.45, 7) is 0. The lowest BCUT2D eigenvalue weighted by Crippen LogP contribution is -1.88. The molecule has 1 aromatic rings. The summed E-state index contributed by atoms with van der Waals surface area (Å²) >= 11 is 1.50. The third-order valence-electron chi connectivity index (χ3n) is 0.761. The van der Waals surface area contributed by atoms with E-state index in [1.165, 1.54) is 18.0 Å². The third-order valence-corrected chi connectivity index (χ3v) is 1.40. The van der Waals surface area contributed by atoms with Gasteiger partial charge in [-0.2, -0.15) is 0 Å². The van der Waals surface area contributed by atoms with Crippen molar-refractivity contribution in [1.82, 2.24) is 9.94 Å². The summed E-state index contributed by atoms with van der Waals surface area (Å²) in [6.07, 6.45) is 3.40. The van der Waals surface area contributed by atoms with Gasteiger partial charge in [-0.3, -0.25) is 0 Å². The van der Waals surface area contributed by atoms with Gasteiger partial charge in [-0.15, -0.1) is 21.7 Å². The minimum atomic E-state index is 0.797. The van der Waals surface area contributed by atoms with E-state index >= 15 is 0 Å². The second-order valence-corrected chi connectivity index (χ2v) is 2.11. The van der Waals surface area contributed by atoms with Crippen LogP contribution in [0.25, 0.3) is 0 Å². The maximum atomic E-state index is 8.58. The van der Waals surface area contributed by atoms with Gasteiger partial charge in [0.1, 0.15) is 5.03 Å². The summed E-state index contributed by atoms with van der Waals surface area (Å²) in [6, 6.07) is 1.74. The molecule has 0 atom stereocenters. The monoisotopic (exact) mass is 130 g/mol. The number of aromatic nitrogens is 2. The molecule has 0 unspecified atom stereocenters. The Bertz CT molecular complexity index is 174. The molecule has 0 aliphatic carbocycles. The molecule has 0 radical (unpaired) electrons. The molecule has 0 spiro atoms. The largest absolute Gasteiger partial charge is 0.412 e. The molecule has 1 N–H and O–H groups in total. The van der Waals surface area contributed by atoms with Gasteiger partial charge in [-0.05, 0) is 12.3 Å². The molecule has 3 nitrogen and oxygen atoms in total. The zero-order valence-corrected chi connectivity index (χ0v) is 5.22. The van der Waals surface area contributed by atoms with Crippen molar-refractivity contribution in [2.45, 2.75) is 5.03 Å². The molecule has 0 fully saturated rings. The molecule has 44 valence electrons. The highest BCUT2D eigenvalue weighted by molar-refractivity contribution is 7.98. The van der Waals surface area contributed by atoms with E-state index in [9.17, 15) is 0 Å². The molecule has 0 saturated carbocycles. The predicted octanol–water partition coefficient (Wildman–Crippen LogP) is 0.842. The summed E-state index contributed by atoms with van der Waals surface area (Å²) in [7, 11) is 0. The lowest BCUT2D eigenvalue weighted by atomic mass is 10.8. The van der Waals surface area contributed by atoms with Gasteiger partial charge in [-0.25, -0.2) is 0 Å². The van der Waals surface area contributed by atoms with E-state index in [2.05, 4.69) is 5.10 Å². The average molecular weight is 130 g/mol. The van der Waals surface area contributed by atoms with E-state index in [4.69, 9.17) is 5.21 Å². The van der Waals surface area contributed by atoms with Gasteiger partial charge in [0, 0.05) is 0 Å². The zero-order valence-electron chi connectivity index (χ0n) is 4.40. The minimum Gasteiger partial charge on any atom is -0.412 e. The van der Waals surface area contributed by atoms with Crippen LogP contribution >= 0.6 is 11.8 Å². The van der Waals surface area contributed by atoms with Crippen molar-refractivity contribution in [3.63, 3.8) is 0 Å². The van der Waals surface area contributed by atoms with Crippen LogP contribution in [-0.4, -0.2) is 21.4 Å². The molecule has 4 heteroatoms. The molecular weight excluding hydrogens is 124 g/mol.